The molecule has 3 rings (SSSR count). The first-order valence-corrected chi connectivity index (χ1v) is 10.3. The van der Waals surface area contributed by atoms with Gasteiger partial charge >= 0.3 is 0 Å². The highest BCUT2D eigenvalue weighted by atomic mass is 35.5. The van der Waals surface area contributed by atoms with E-state index < -0.39 is 0 Å². The van der Waals surface area contributed by atoms with Crippen molar-refractivity contribution in [3.8, 4) is 11.3 Å². The molecule has 1 aromatic carbocycles. The number of aromatic nitrogens is 1. The van der Waals surface area contributed by atoms with Crippen LogP contribution in [0.25, 0.3) is 11.3 Å². The number of hydrogen-bond acceptors (Lipinski definition) is 5. The Bertz CT molecular complexity index is 773. The van der Waals surface area contributed by atoms with E-state index in [1.165, 1.54) is 18.3 Å². The summed E-state index contributed by atoms with van der Waals surface area (Å²) in [5.41, 5.74) is 3.05. The van der Waals surface area contributed by atoms with Gasteiger partial charge in [0.1, 0.15) is 0 Å². The number of carbonyl (C=O) groups is 2. The lowest BCUT2D eigenvalue weighted by molar-refractivity contribution is -0.119. The first kappa shape index (κ1) is 22.3. The number of hydrogen-bond donors (Lipinski definition) is 3. The van der Waals surface area contributed by atoms with Crippen LogP contribution in [0.3, 0.4) is 0 Å². The predicted molar refractivity (Wildman–Crippen MR) is 116 cm³/mol. The van der Waals surface area contributed by atoms with Gasteiger partial charge in [-0.05, 0) is 43.8 Å². The van der Waals surface area contributed by atoms with Crippen LogP contribution in [-0.4, -0.2) is 36.4 Å². The van der Waals surface area contributed by atoms with Gasteiger partial charge in [0.15, 0.2) is 5.13 Å². The molecule has 0 aliphatic carbocycles. The van der Waals surface area contributed by atoms with Crippen molar-refractivity contribution >= 4 is 40.7 Å². The Morgan fingerprint density at radius 3 is 2.75 bits per heavy atom. The number of benzene rings is 1. The zero-order valence-corrected chi connectivity index (χ0v) is 17.6. The molecular weight excluding hydrogens is 396 g/mol. The standard InChI is InChI=1S/C20H26N4O2S.ClH/c1-14(25)22-11-9-15-2-5-17(6-3-15)18-13-27-20(23-18)24-19(26)7-4-16-8-10-21-12-16;/h2-3,5-6,13,16,21H,4,7-12H2,1H3,(H,22,25)(H,23,24,26);1H. The molecule has 0 radical (unpaired) electrons. The number of amides is 2. The summed E-state index contributed by atoms with van der Waals surface area (Å²) in [7, 11) is 0. The van der Waals surface area contributed by atoms with Crippen LogP contribution in [-0.2, 0) is 16.0 Å². The molecule has 1 aliphatic rings. The minimum atomic E-state index is -0.0106. The molecule has 0 bridgehead atoms. The van der Waals surface area contributed by atoms with Gasteiger partial charge in [0, 0.05) is 30.8 Å². The number of rotatable bonds is 8. The second-order valence-electron chi connectivity index (χ2n) is 6.91. The number of carbonyl (C=O) groups excluding carboxylic acids is 2. The number of halogens is 1. The topological polar surface area (TPSA) is 83.1 Å². The van der Waals surface area contributed by atoms with E-state index in [2.05, 4.69) is 20.9 Å². The van der Waals surface area contributed by atoms with Gasteiger partial charge in [0.2, 0.25) is 11.8 Å². The highest BCUT2D eigenvalue weighted by molar-refractivity contribution is 7.14. The summed E-state index contributed by atoms with van der Waals surface area (Å²) < 4.78 is 0. The molecule has 6 nitrogen and oxygen atoms in total. The Kier molecular flexibility index (Phi) is 8.89. The molecule has 1 aliphatic heterocycles. The van der Waals surface area contributed by atoms with E-state index in [4.69, 9.17) is 0 Å². The average Bonchev–Trinajstić information content (AvgIpc) is 3.32. The van der Waals surface area contributed by atoms with Crippen molar-refractivity contribution in [1.29, 1.82) is 0 Å². The Labute approximate surface area is 175 Å². The van der Waals surface area contributed by atoms with Crippen LogP contribution in [0.15, 0.2) is 29.6 Å². The molecule has 1 atom stereocenters. The summed E-state index contributed by atoms with van der Waals surface area (Å²) in [6.07, 6.45) is 3.44. The number of thiazole rings is 1. The van der Waals surface area contributed by atoms with Crippen LogP contribution < -0.4 is 16.0 Å². The summed E-state index contributed by atoms with van der Waals surface area (Å²) in [6, 6.07) is 8.14. The molecule has 1 saturated heterocycles. The third-order valence-corrected chi connectivity index (χ3v) is 5.49. The van der Waals surface area contributed by atoms with Crippen molar-refractivity contribution < 1.29 is 9.59 Å². The van der Waals surface area contributed by atoms with Gasteiger partial charge < -0.3 is 16.0 Å². The van der Waals surface area contributed by atoms with Crippen LogP contribution in [0.4, 0.5) is 5.13 Å². The van der Waals surface area contributed by atoms with Gasteiger partial charge in [0.25, 0.3) is 0 Å². The van der Waals surface area contributed by atoms with E-state index >= 15 is 0 Å². The van der Waals surface area contributed by atoms with Gasteiger partial charge in [0.05, 0.1) is 5.69 Å². The van der Waals surface area contributed by atoms with Crippen molar-refractivity contribution in [2.24, 2.45) is 5.92 Å². The lowest BCUT2D eigenvalue weighted by Gasteiger charge is -2.07. The fourth-order valence-corrected chi connectivity index (χ4v) is 3.90. The smallest absolute Gasteiger partial charge is 0.226 e. The van der Waals surface area contributed by atoms with E-state index in [-0.39, 0.29) is 24.2 Å². The number of anilines is 1. The zero-order chi connectivity index (χ0) is 19.1. The molecule has 3 N–H and O–H groups in total. The molecule has 0 spiro atoms. The predicted octanol–water partition coefficient (Wildman–Crippen LogP) is 3.24. The van der Waals surface area contributed by atoms with Crippen LogP contribution >= 0.6 is 23.7 Å². The van der Waals surface area contributed by atoms with Crippen LogP contribution in [0, 0.1) is 5.92 Å². The maximum Gasteiger partial charge on any atom is 0.226 e. The third-order valence-electron chi connectivity index (χ3n) is 4.73. The number of nitrogens with zero attached hydrogens (tertiary/aromatic N) is 1. The van der Waals surface area contributed by atoms with Gasteiger partial charge in [-0.1, -0.05) is 24.3 Å². The Hall–Kier alpha value is -1.96. The monoisotopic (exact) mass is 422 g/mol. The maximum absolute atomic E-state index is 12.1. The number of nitrogens with one attached hydrogen (secondary N) is 3. The van der Waals surface area contributed by atoms with E-state index in [1.54, 1.807) is 0 Å². The van der Waals surface area contributed by atoms with Crippen LogP contribution in [0.1, 0.15) is 31.7 Å². The molecule has 152 valence electrons. The SMILES string of the molecule is CC(=O)NCCc1ccc(-c2csc(NC(=O)CCC3CCNC3)n2)cc1.Cl. The summed E-state index contributed by atoms with van der Waals surface area (Å²) in [5, 5.41) is 11.6. The molecule has 2 aromatic rings. The van der Waals surface area contributed by atoms with Gasteiger partial charge in [-0.25, -0.2) is 4.98 Å². The van der Waals surface area contributed by atoms with E-state index in [0.29, 0.717) is 24.0 Å². The zero-order valence-electron chi connectivity index (χ0n) is 16.0. The highest BCUT2D eigenvalue weighted by Gasteiger charge is 2.16. The van der Waals surface area contributed by atoms with E-state index in [9.17, 15) is 9.59 Å². The lowest BCUT2D eigenvalue weighted by Crippen LogP contribution is -2.22. The Morgan fingerprint density at radius 2 is 2.07 bits per heavy atom. The molecule has 2 heterocycles. The molecule has 28 heavy (non-hydrogen) atoms. The summed E-state index contributed by atoms with van der Waals surface area (Å²) in [6.45, 7) is 4.25. The van der Waals surface area contributed by atoms with E-state index in [0.717, 1.165) is 49.2 Å². The molecule has 1 fully saturated rings. The summed E-state index contributed by atoms with van der Waals surface area (Å²) >= 11 is 1.45. The average molecular weight is 423 g/mol. The van der Waals surface area contributed by atoms with Crippen molar-refractivity contribution in [3.63, 3.8) is 0 Å². The first-order valence-electron chi connectivity index (χ1n) is 9.40. The normalized spacial score (nSPS) is 15.7. The second-order valence-corrected chi connectivity index (χ2v) is 7.77. The second kappa shape index (κ2) is 11.1. The first-order chi connectivity index (χ1) is 13.1. The van der Waals surface area contributed by atoms with Crippen LogP contribution in [0.5, 0.6) is 0 Å². The maximum atomic E-state index is 12.1. The summed E-state index contributed by atoms with van der Waals surface area (Å²) in [5.74, 6) is 0.645. The molecule has 8 heteroatoms. The minimum absolute atomic E-state index is 0. The van der Waals surface area contributed by atoms with Crippen molar-refractivity contribution in [3.05, 3.63) is 35.2 Å². The Balaban J connectivity index is 0.00000280. The fourth-order valence-electron chi connectivity index (χ4n) is 3.17. The van der Waals surface area contributed by atoms with Crippen LogP contribution in [0.2, 0.25) is 0 Å². The molecule has 0 saturated carbocycles. The van der Waals surface area contributed by atoms with Gasteiger partial charge in [-0.15, -0.1) is 23.7 Å². The third kappa shape index (κ3) is 6.89. The largest absolute Gasteiger partial charge is 0.356 e. The van der Waals surface area contributed by atoms with Gasteiger partial charge in [-0.3, -0.25) is 9.59 Å². The fraction of sp³-hybridized carbons (Fsp3) is 0.450. The van der Waals surface area contributed by atoms with Crippen molar-refractivity contribution in [2.45, 2.75) is 32.6 Å². The molecule has 1 aromatic heterocycles. The minimum Gasteiger partial charge on any atom is -0.356 e. The molecule has 2 amide bonds. The molecule has 1 unspecified atom stereocenters. The molecular formula is C20H27ClN4O2S. The van der Waals surface area contributed by atoms with Crippen molar-refractivity contribution in [2.75, 3.05) is 25.0 Å². The van der Waals surface area contributed by atoms with Crippen molar-refractivity contribution in [1.82, 2.24) is 15.6 Å². The van der Waals surface area contributed by atoms with E-state index in [1.807, 2.05) is 29.6 Å². The highest BCUT2D eigenvalue weighted by Crippen LogP contribution is 2.25. The quantitative estimate of drug-likeness (QED) is 0.609. The van der Waals surface area contributed by atoms with Gasteiger partial charge in [-0.2, -0.15) is 0 Å². The Morgan fingerprint density at radius 1 is 1.29 bits per heavy atom. The summed E-state index contributed by atoms with van der Waals surface area (Å²) in [4.78, 5) is 27.6. The lowest BCUT2D eigenvalue weighted by atomic mass is 10.0.